The lowest BCUT2D eigenvalue weighted by Gasteiger charge is -2.31. The van der Waals surface area contributed by atoms with Gasteiger partial charge in [0.15, 0.2) is 0 Å². The first-order valence-corrected chi connectivity index (χ1v) is 6.14. The molecule has 2 rings (SSSR count). The van der Waals surface area contributed by atoms with Gasteiger partial charge in [0.2, 0.25) is 0 Å². The van der Waals surface area contributed by atoms with E-state index in [1.165, 1.54) is 0 Å². The Morgan fingerprint density at radius 3 is 2.72 bits per heavy atom. The number of ether oxygens (including phenoxy) is 1. The number of benzene rings is 1. The molecule has 1 heterocycles. The van der Waals surface area contributed by atoms with Crippen molar-refractivity contribution in [3.63, 3.8) is 0 Å². The van der Waals surface area contributed by atoms with E-state index in [9.17, 15) is 4.79 Å². The number of carbonyl (C=O) groups is 1. The molecule has 0 radical (unpaired) electrons. The molecule has 5 nitrogen and oxygen atoms in total. The van der Waals surface area contributed by atoms with Crippen molar-refractivity contribution in [2.75, 3.05) is 25.7 Å². The SMILES string of the molecule is CN(C(=O)c1ccccc1NN)C1CCOCC1. The molecular formula is C13H19N3O2. The number of nitrogens with zero attached hydrogens (tertiary/aromatic N) is 1. The van der Waals surface area contributed by atoms with Crippen LogP contribution in [0.5, 0.6) is 0 Å². The van der Waals surface area contributed by atoms with Crippen molar-refractivity contribution in [2.24, 2.45) is 5.84 Å². The predicted octanol–water partition coefficient (Wildman–Crippen LogP) is 1.22. The molecule has 1 aromatic rings. The van der Waals surface area contributed by atoms with E-state index in [1.807, 2.05) is 19.2 Å². The molecule has 0 spiro atoms. The van der Waals surface area contributed by atoms with E-state index in [2.05, 4.69) is 5.43 Å². The van der Waals surface area contributed by atoms with Crippen LogP contribution in [0.25, 0.3) is 0 Å². The van der Waals surface area contributed by atoms with Crippen LogP contribution in [0.3, 0.4) is 0 Å². The fourth-order valence-corrected chi connectivity index (χ4v) is 2.22. The minimum absolute atomic E-state index is 0.00421. The Hall–Kier alpha value is -1.59. The second-order valence-electron chi connectivity index (χ2n) is 4.45. The zero-order valence-corrected chi connectivity index (χ0v) is 10.6. The van der Waals surface area contributed by atoms with Crippen molar-refractivity contribution >= 4 is 11.6 Å². The molecule has 1 aliphatic heterocycles. The number of nitrogen functional groups attached to an aromatic ring is 1. The van der Waals surface area contributed by atoms with Crippen LogP contribution in [-0.2, 0) is 4.74 Å². The molecule has 0 atom stereocenters. The molecule has 1 aromatic carbocycles. The third kappa shape index (κ3) is 2.63. The van der Waals surface area contributed by atoms with Crippen LogP contribution in [0.2, 0.25) is 0 Å². The number of anilines is 1. The highest BCUT2D eigenvalue weighted by Gasteiger charge is 2.24. The molecule has 0 bridgehead atoms. The van der Waals surface area contributed by atoms with Crippen LogP contribution < -0.4 is 11.3 Å². The Bertz CT molecular complexity index is 416. The summed E-state index contributed by atoms with van der Waals surface area (Å²) in [6.45, 7) is 1.44. The number of nitrogens with two attached hydrogens (primary N) is 1. The zero-order valence-electron chi connectivity index (χ0n) is 10.6. The van der Waals surface area contributed by atoms with Crippen molar-refractivity contribution < 1.29 is 9.53 Å². The van der Waals surface area contributed by atoms with Gasteiger partial charge < -0.3 is 15.1 Å². The van der Waals surface area contributed by atoms with Gasteiger partial charge >= 0.3 is 0 Å². The van der Waals surface area contributed by atoms with Gasteiger partial charge in [-0.25, -0.2) is 0 Å². The number of rotatable bonds is 3. The normalized spacial score (nSPS) is 16.3. The molecule has 0 aromatic heterocycles. The van der Waals surface area contributed by atoms with E-state index in [4.69, 9.17) is 10.6 Å². The van der Waals surface area contributed by atoms with E-state index >= 15 is 0 Å². The number of para-hydroxylation sites is 1. The third-order valence-corrected chi connectivity index (χ3v) is 3.37. The van der Waals surface area contributed by atoms with Crippen LogP contribution in [0, 0.1) is 0 Å². The molecule has 5 heteroatoms. The van der Waals surface area contributed by atoms with Crippen LogP contribution >= 0.6 is 0 Å². The topological polar surface area (TPSA) is 67.6 Å². The Kier molecular flexibility index (Phi) is 4.17. The van der Waals surface area contributed by atoms with Crippen LogP contribution in [0.15, 0.2) is 24.3 Å². The molecule has 18 heavy (non-hydrogen) atoms. The molecule has 1 aliphatic rings. The maximum Gasteiger partial charge on any atom is 0.255 e. The number of amides is 1. The molecular weight excluding hydrogens is 230 g/mol. The Balaban J connectivity index is 2.14. The van der Waals surface area contributed by atoms with E-state index in [-0.39, 0.29) is 11.9 Å². The highest BCUT2D eigenvalue weighted by Crippen LogP contribution is 2.20. The summed E-state index contributed by atoms with van der Waals surface area (Å²) in [7, 11) is 1.84. The second-order valence-corrected chi connectivity index (χ2v) is 4.45. The summed E-state index contributed by atoms with van der Waals surface area (Å²) >= 11 is 0. The summed E-state index contributed by atoms with van der Waals surface area (Å²) < 4.78 is 5.31. The van der Waals surface area contributed by atoms with E-state index in [0.29, 0.717) is 11.3 Å². The minimum Gasteiger partial charge on any atom is -0.381 e. The first kappa shape index (κ1) is 12.9. The summed E-state index contributed by atoms with van der Waals surface area (Å²) in [5, 5.41) is 0. The Labute approximate surface area is 107 Å². The maximum atomic E-state index is 12.4. The lowest BCUT2D eigenvalue weighted by molar-refractivity contribution is 0.0362. The van der Waals surface area contributed by atoms with Crippen molar-refractivity contribution in [1.82, 2.24) is 4.90 Å². The van der Waals surface area contributed by atoms with Gasteiger partial charge in [-0.2, -0.15) is 0 Å². The lowest BCUT2D eigenvalue weighted by atomic mass is 10.1. The van der Waals surface area contributed by atoms with Crippen molar-refractivity contribution in [2.45, 2.75) is 18.9 Å². The van der Waals surface area contributed by atoms with Gasteiger partial charge in [-0.05, 0) is 25.0 Å². The molecule has 98 valence electrons. The first-order chi connectivity index (χ1) is 8.74. The van der Waals surface area contributed by atoms with Crippen molar-refractivity contribution in [3.05, 3.63) is 29.8 Å². The maximum absolute atomic E-state index is 12.4. The molecule has 1 fully saturated rings. The average Bonchev–Trinajstić information content (AvgIpc) is 2.46. The highest BCUT2D eigenvalue weighted by molar-refractivity contribution is 5.99. The van der Waals surface area contributed by atoms with Gasteiger partial charge in [-0.1, -0.05) is 12.1 Å². The van der Waals surface area contributed by atoms with Crippen molar-refractivity contribution in [1.29, 1.82) is 0 Å². The van der Waals surface area contributed by atoms with E-state index in [1.54, 1.807) is 17.0 Å². The van der Waals surface area contributed by atoms with E-state index < -0.39 is 0 Å². The average molecular weight is 249 g/mol. The minimum atomic E-state index is -0.00421. The van der Waals surface area contributed by atoms with Gasteiger partial charge in [0, 0.05) is 26.3 Å². The lowest BCUT2D eigenvalue weighted by Crippen LogP contribution is -2.40. The van der Waals surface area contributed by atoms with Crippen LogP contribution in [0.4, 0.5) is 5.69 Å². The predicted molar refractivity (Wildman–Crippen MR) is 70.2 cm³/mol. The van der Waals surface area contributed by atoms with Gasteiger partial charge in [-0.3, -0.25) is 10.6 Å². The summed E-state index contributed by atoms with van der Waals surface area (Å²) in [5.74, 6) is 5.42. The number of carbonyl (C=O) groups excluding carboxylic acids is 1. The molecule has 3 N–H and O–H groups in total. The summed E-state index contributed by atoms with van der Waals surface area (Å²) in [5.41, 5.74) is 3.82. The molecule has 0 unspecified atom stereocenters. The van der Waals surface area contributed by atoms with Gasteiger partial charge in [-0.15, -0.1) is 0 Å². The Morgan fingerprint density at radius 2 is 2.06 bits per heavy atom. The Morgan fingerprint density at radius 1 is 1.39 bits per heavy atom. The second kappa shape index (κ2) is 5.84. The van der Waals surface area contributed by atoms with Crippen LogP contribution in [0.1, 0.15) is 23.2 Å². The fourth-order valence-electron chi connectivity index (χ4n) is 2.22. The quantitative estimate of drug-likeness (QED) is 0.624. The number of hydrogen-bond donors (Lipinski definition) is 2. The standard InChI is InChI=1S/C13H19N3O2/c1-16(10-6-8-18-9-7-10)13(17)11-4-2-3-5-12(11)15-14/h2-5,10,15H,6-9,14H2,1H3. The van der Waals surface area contributed by atoms with Gasteiger partial charge in [0.05, 0.1) is 11.3 Å². The molecule has 1 amide bonds. The smallest absolute Gasteiger partial charge is 0.255 e. The first-order valence-electron chi connectivity index (χ1n) is 6.14. The molecule has 1 saturated heterocycles. The molecule has 0 aliphatic carbocycles. The highest BCUT2D eigenvalue weighted by atomic mass is 16.5. The third-order valence-electron chi connectivity index (χ3n) is 3.37. The number of hydrazine groups is 1. The number of hydrogen-bond acceptors (Lipinski definition) is 4. The summed E-state index contributed by atoms with van der Waals surface area (Å²) in [4.78, 5) is 14.2. The molecule has 0 saturated carbocycles. The number of nitrogens with one attached hydrogen (secondary N) is 1. The largest absolute Gasteiger partial charge is 0.381 e. The van der Waals surface area contributed by atoms with Crippen molar-refractivity contribution in [3.8, 4) is 0 Å². The monoisotopic (exact) mass is 249 g/mol. The summed E-state index contributed by atoms with van der Waals surface area (Å²) in [6.07, 6.45) is 1.78. The zero-order chi connectivity index (χ0) is 13.0. The summed E-state index contributed by atoms with van der Waals surface area (Å²) in [6, 6.07) is 7.52. The fraction of sp³-hybridized carbons (Fsp3) is 0.462. The van der Waals surface area contributed by atoms with Gasteiger partial charge in [0.25, 0.3) is 5.91 Å². The van der Waals surface area contributed by atoms with E-state index in [0.717, 1.165) is 26.1 Å². The van der Waals surface area contributed by atoms with Gasteiger partial charge in [0.1, 0.15) is 0 Å². The van der Waals surface area contributed by atoms with Crippen LogP contribution in [-0.4, -0.2) is 37.1 Å².